The van der Waals surface area contributed by atoms with Crippen molar-refractivity contribution in [3.05, 3.63) is 42.0 Å². The summed E-state index contributed by atoms with van der Waals surface area (Å²) in [7, 11) is 5.31. The van der Waals surface area contributed by atoms with E-state index in [4.69, 9.17) is 9.47 Å². The van der Waals surface area contributed by atoms with Crippen LogP contribution >= 0.6 is 0 Å². The van der Waals surface area contributed by atoms with E-state index in [9.17, 15) is 0 Å². The number of rotatable bonds is 6. The molecule has 0 spiro atoms. The van der Waals surface area contributed by atoms with Gasteiger partial charge in [0, 0.05) is 18.7 Å². The van der Waals surface area contributed by atoms with Crippen molar-refractivity contribution in [2.24, 2.45) is 7.05 Å². The van der Waals surface area contributed by atoms with E-state index < -0.39 is 0 Å². The molecule has 5 heteroatoms. The molecule has 0 amide bonds. The molecule has 0 aliphatic rings. The Balaban J connectivity index is 2.46. The van der Waals surface area contributed by atoms with Gasteiger partial charge in [0.1, 0.15) is 11.5 Å². The average molecular weight is 275 g/mol. The molecule has 0 aliphatic heterocycles. The smallest absolute Gasteiger partial charge is 0.127 e. The SMILES string of the molecule is CCNC(c1ccc(OC)cc1OC)c1cncn1C. The van der Waals surface area contributed by atoms with Crippen LogP contribution in [0.15, 0.2) is 30.7 Å². The number of benzene rings is 1. The molecule has 0 saturated carbocycles. The number of ether oxygens (including phenoxy) is 2. The van der Waals surface area contributed by atoms with Gasteiger partial charge < -0.3 is 19.4 Å². The van der Waals surface area contributed by atoms with Gasteiger partial charge in [0.2, 0.25) is 0 Å². The Hall–Kier alpha value is -2.01. The minimum absolute atomic E-state index is 0.0355. The highest BCUT2D eigenvalue weighted by atomic mass is 16.5. The van der Waals surface area contributed by atoms with E-state index in [0.717, 1.165) is 29.3 Å². The summed E-state index contributed by atoms with van der Waals surface area (Å²) in [4.78, 5) is 4.20. The third-order valence-electron chi connectivity index (χ3n) is 3.31. The topological polar surface area (TPSA) is 48.3 Å². The van der Waals surface area contributed by atoms with Crippen LogP contribution in [0.4, 0.5) is 0 Å². The number of methoxy groups -OCH3 is 2. The fraction of sp³-hybridized carbons (Fsp3) is 0.400. The molecule has 1 atom stereocenters. The van der Waals surface area contributed by atoms with Gasteiger partial charge in [-0.25, -0.2) is 4.98 Å². The van der Waals surface area contributed by atoms with Crippen LogP contribution in [0.25, 0.3) is 0 Å². The van der Waals surface area contributed by atoms with Gasteiger partial charge in [-0.15, -0.1) is 0 Å². The highest BCUT2D eigenvalue weighted by Crippen LogP contribution is 2.32. The van der Waals surface area contributed by atoms with Gasteiger partial charge in [-0.2, -0.15) is 0 Å². The molecule has 108 valence electrons. The van der Waals surface area contributed by atoms with E-state index in [0.29, 0.717) is 0 Å². The van der Waals surface area contributed by atoms with E-state index in [1.54, 1.807) is 20.5 Å². The summed E-state index contributed by atoms with van der Waals surface area (Å²) >= 11 is 0. The summed E-state index contributed by atoms with van der Waals surface area (Å²) in [5, 5.41) is 3.47. The predicted molar refractivity (Wildman–Crippen MR) is 78.3 cm³/mol. The van der Waals surface area contributed by atoms with Gasteiger partial charge in [-0.1, -0.05) is 6.92 Å². The second-order valence-electron chi connectivity index (χ2n) is 4.53. The molecular formula is C15H21N3O2. The van der Waals surface area contributed by atoms with Crippen LogP contribution in [0.1, 0.15) is 24.2 Å². The van der Waals surface area contributed by atoms with Crippen LogP contribution in [0, 0.1) is 0 Å². The lowest BCUT2D eigenvalue weighted by atomic mass is 10.0. The van der Waals surface area contributed by atoms with Gasteiger partial charge >= 0.3 is 0 Å². The monoisotopic (exact) mass is 275 g/mol. The zero-order valence-corrected chi connectivity index (χ0v) is 12.4. The summed E-state index contributed by atoms with van der Waals surface area (Å²) in [6.45, 7) is 2.93. The van der Waals surface area contributed by atoms with Gasteiger partial charge in [0.25, 0.3) is 0 Å². The van der Waals surface area contributed by atoms with Gasteiger partial charge in [-0.3, -0.25) is 0 Å². The van der Waals surface area contributed by atoms with Crippen molar-refractivity contribution in [2.45, 2.75) is 13.0 Å². The largest absolute Gasteiger partial charge is 0.497 e. The third kappa shape index (κ3) is 2.77. The number of hydrogen-bond donors (Lipinski definition) is 1. The zero-order chi connectivity index (χ0) is 14.5. The maximum atomic E-state index is 5.50. The minimum atomic E-state index is 0.0355. The fourth-order valence-corrected chi connectivity index (χ4v) is 2.28. The van der Waals surface area contributed by atoms with Gasteiger partial charge in [0.15, 0.2) is 0 Å². The Kier molecular flexibility index (Phi) is 4.63. The highest BCUT2D eigenvalue weighted by Gasteiger charge is 2.20. The first kappa shape index (κ1) is 14.4. The minimum Gasteiger partial charge on any atom is -0.497 e. The number of imidazole rings is 1. The highest BCUT2D eigenvalue weighted by molar-refractivity contribution is 5.45. The molecule has 0 radical (unpaired) electrons. The molecule has 0 saturated heterocycles. The molecule has 20 heavy (non-hydrogen) atoms. The molecular weight excluding hydrogens is 254 g/mol. The average Bonchev–Trinajstić information content (AvgIpc) is 2.90. The number of nitrogens with zero attached hydrogens (tertiary/aromatic N) is 2. The van der Waals surface area contributed by atoms with Crippen LogP contribution in [0.3, 0.4) is 0 Å². The molecule has 5 nitrogen and oxygen atoms in total. The summed E-state index contributed by atoms with van der Waals surface area (Å²) < 4.78 is 12.8. The van der Waals surface area contributed by atoms with E-state index in [1.165, 1.54) is 0 Å². The lowest BCUT2D eigenvalue weighted by Gasteiger charge is -2.21. The Bertz CT molecular complexity index is 566. The van der Waals surface area contributed by atoms with Crippen LogP contribution < -0.4 is 14.8 Å². The second kappa shape index (κ2) is 6.43. The van der Waals surface area contributed by atoms with Gasteiger partial charge in [0.05, 0.1) is 38.5 Å². The first-order valence-electron chi connectivity index (χ1n) is 6.62. The Morgan fingerprint density at radius 3 is 2.65 bits per heavy atom. The van der Waals surface area contributed by atoms with Crippen molar-refractivity contribution in [1.82, 2.24) is 14.9 Å². The van der Waals surface area contributed by atoms with Crippen molar-refractivity contribution < 1.29 is 9.47 Å². The molecule has 0 aliphatic carbocycles. The first-order valence-corrected chi connectivity index (χ1v) is 6.62. The van der Waals surface area contributed by atoms with E-state index >= 15 is 0 Å². The molecule has 0 fully saturated rings. The summed E-state index contributed by atoms with van der Waals surface area (Å²) in [6, 6.07) is 5.90. The van der Waals surface area contributed by atoms with Crippen LogP contribution in [0.2, 0.25) is 0 Å². The summed E-state index contributed by atoms with van der Waals surface area (Å²) in [5.74, 6) is 1.59. The maximum absolute atomic E-state index is 5.50. The van der Waals surface area contributed by atoms with Crippen LogP contribution in [-0.4, -0.2) is 30.3 Å². The Morgan fingerprint density at radius 2 is 2.10 bits per heavy atom. The quantitative estimate of drug-likeness (QED) is 0.877. The number of hydrogen-bond acceptors (Lipinski definition) is 4. The second-order valence-corrected chi connectivity index (χ2v) is 4.53. The third-order valence-corrected chi connectivity index (χ3v) is 3.31. The molecule has 0 bridgehead atoms. The normalized spacial score (nSPS) is 12.2. The first-order chi connectivity index (χ1) is 9.71. The van der Waals surface area contributed by atoms with Crippen LogP contribution in [0.5, 0.6) is 11.5 Å². The van der Waals surface area contributed by atoms with Gasteiger partial charge in [-0.05, 0) is 18.7 Å². The Morgan fingerprint density at radius 1 is 1.30 bits per heavy atom. The Labute approximate surface area is 119 Å². The number of aryl methyl sites for hydroxylation is 1. The van der Waals surface area contributed by atoms with Crippen molar-refractivity contribution in [2.75, 3.05) is 20.8 Å². The van der Waals surface area contributed by atoms with Crippen molar-refractivity contribution in [3.63, 3.8) is 0 Å². The predicted octanol–water partition coefficient (Wildman–Crippen LogP) is 2.14. The molecule has 2 aromatic rings. The summed E-state index contributed by atoms with van der Waals surface area (Å²) in [5.41, 5.74) is 2.16. The molecule has 1 aromatic carbocycles. The maximum Gasteiger partial charge on any atom is 0.127 e. The fourth-order valence-electron chi connectivity index (χ4n) is 2.28. The van der Waals surface area contributed by atoms with Crippen molar-refractivity contribution >= 4 is 0 Å². The molecule has 1 unspecified atom stereocenters. The number of nitrogens with one attached hydrogen (secondary N) is 1. The lowest BCUT2D eigenvalue weighted by molar-refractivity contribution is 0.387. The lowest BCUT2D eigenvalue weighted by Crippen LogP contribution is -2.24. The molecule has 1 heterocycles. The van der Waals surface area contributed by atoms with Crippen molar-refractivity contribution in [1.29, 1.82) is 0 Å². The molecule has 1 aromatic heterocycles. The van der Waals surface area contributed by atoms with Crippen molar-refractivity contribution in [3.8, 4) is 11.5 Å². The standard InChI is InChI=1S/C15H21N3O2/c1-5-17-15(13-9-16-10-18(13)2)12-7-6-11(19-3)8-14(12)20-4/h6-10,15,17H,5H2,1-4H3. The van der Waals surface area contributed by atoms with E-state index in [-0.39, 0.29) is 6.04 Å². The van der Waals surface area contributed by atoms with E-state index in [1.807, 2.05) is 36.0 Å². The zero-order valence-electron chi connectivity index (χ0n) is 12.4. The number of aromatic nitrogens is 2. The summed E-state index contributed by atoms with van der Waals surface area (Å²) in [6.07, 6.45) is 3.67. The molecule has 1 N–H and O–H groups in total. The molecule has 2 rings (SSSR count). The van der Waals surface area contributed by atoms with E-state index in [2.05, 4.69) is 17.2 Å². The van der Waals surface area contributed by atoms with Crippen LogP contribution in [-0.2, 0) is 7.05 Å².